The van der Waals surface area contributed by atoms with Crippen molar-refractivity contribution in [2.24, 2.45) is 11.0 Å². The average Bonchev–Trinajstić information content (AvgIpc) is 2.83. The van der Waals surface area contributed by atoms with E-state index in [4.69, 9.17) is 0 Å². The topological polar surface area (TPSA) is 113 Å². The van der Waals surface area contributed by atoms with Crippen molar-refractivity contribution in [1.29, 1.82) is 0 Å². The zero-order valence-electron chi connectivity index (χ0n) is 14.7. The molecule has 2 aliphatic rings. The number of aromatic nitrogens is 3. The van der Waals surface area contributed by atoms with Gasteiger partial charge in [0.2, 0.25) is 5.91 Å². The van der Waals surface area contributed by atoms with E-state index in [1.165, 1.54) is 0 Å². The van der Waals surface area contributed by atoms with Crippen molar-refractivity contribution in [1.82, 2.24) is 30.8 Å². The van der Waals surface area contributed by atoms with E-state index in [1.54, 1.807) is 0 Å². The summed E-state index contributed by atoms with van der Waals surface area (Å²) in [4.78, 5) is 23.8. The van der Waals surface area contributed by atoms with Crippen molar-refractivity contribution in [3.8, 4) is 0 Å². The Labute approximate surface area is 146 Å². The molecule has 0 radical (unpaired) electrons. The van der Waals surface area contributed by atoms with Gasteiger partial charge in [0, 0.05) is 38.9 Å². The lowest BCUT2D eigenvalue weighted by Crippen LogP contribution is -2.40. The van der Waals surface area contributed by atoms with Crippen molar-refractivity contribution in [2.45, 2.75) is 52.1 Å². The summed E-state index contributed by atoms with van der Waals surface area (Å²) in [6.45, 7) is 6.76. The van der Waals surface area contributed by atoms with Gasteiger partial charge in [0.1, 0.15) is 11.5 Å². The summed E-state index contributed by atoms with van der Waals surface area (Å²) in [5.74, 6) is 1.71. The largest absolute Gasteiger partial charge is 0.341 e. The third kappa shape index (κ3) is 4.22. The number of fused-ring (bicyclic) bond motifs is 1. The van der Waals surface area contributed by atoms with Gasteiger partial charge in [-0.1, -0.05) is 13.8 Å². The molecular formula is C16H25N7O2. The minimum absolute atomic E-state index is 0.162. The van der Waals surface area contributed by atoms with E-state index in [1.807, 2.05) is 0 Å². The van der Waals surface area contributed by atoms with Gasteiger partial charge in [-0.15, -0.1) is 10.2 Å². The highest BCUT2D eigenvalue weighted by molar-refractivity contribution is 6.39. The molecule has 0 aromatic carbocycles. The summed E-state index contributed by atoms with van der Waals surface area (Å²) < 4.78 is 2.11. The number of nitrogens with one attached hydrogen (secondary N) is 3. The van der Waals surface area contributed by atoms with E-state index in [-0.39, 0.29) is 24.3 Å². The molecule has 3 N–H and O–H groups in total. The second kappa shape index (κ2) is 7.73. The van der Waals surface area contributed by atoms with E-state index in [9.17, 15) is 9.59 Å². The maximum atomic E-state index is 12.6. The molecule has 2 aliphatic heterocycles. The van der Waals surface area contributed by atoms with Crippen LogP contribution in [0.15, 0.2) is 5.10 Å². The predicted molar refractivity (Wildman–Crippen MR) is 91.7 cm³/mol. The Hall–Kier alpha value is -2.29. The maximum Gasteiger partial charge on any atom is 0.268 e. The van der Waals surface area contributed by atoms with Gasteiger partial charge >= 0.3 is 0 Å². The molecule has 2 amide bonds. The van der Waals surface area contributed by atoms with Crippen LogP contribution in [0.2, 0.25) is 0 Å². The Kier molecular flexibility index (Phi) is 5.42. The molecule has 3 heterocycles. The fourth-order valence-electron chi connectivity index (χ4n) is 3.13. The normalized spacial score (nSPS) is 18.8. The van der Waals surface area contributed by atoms with Crippen LogP contribution in [0.1, 0.15) is 50.8 Å². The minimum Gasteiger partial charge on any atom is -0.341 e. The standard InChI is InChI=1S/C16H25N7O2/c1-10(2)9-12(18-16(25)11-3-4-14(24)21-19-11)15-22-20-13-5-6-17-7-8-23(13)15/h10,12,17H,3-9H2,1-2H3,(H,18,25)(H,21,24)/t12-/m1/s1. The number of amides is 2. The Bertz CT molecular complexity index is 680. The van der Waals surface area contributed by atoms with Gasteiger partial charge in [-0.3, -0.25) is 9.59 Å². The molecule has 0 unspecified atom stereocenters. The van der Waals surface area contributed by atoms with Gasteiger partial charge in [-0.25, -0.2) is 5.43 Å². The highest BCUT2D eigenvalue weighted by Crippen LogP contribution is 2.22. The van der Waals surface area contributed by atoms with E-state index in [0.717, 1.165) is 44.1 Å². The summed E-state index contributed by atoms with van der Waals surface area (Å²) in [6, 6.07) is -0.229. The fourth-order valence-corrected chi connectivity index (χ4v) is 3.13. The van der Waals surface area contributed by atoms with Gasteiger partial charge in [-0.2, -0.15) is 5.10 Å². The first-order chi connectivity index (χ1) is 12.0. The molecule has 136 valence electrons. The molecule has 1 aromatic rings. The zero-order valence-corrected chi connectivity index (χ0v) is 14.7. The molecule has 9 nitrogen and oxygen atoms in total. The summed E-state index contributed by atoms with van der Waals surface area (Å²) in [7, 11) is 0. The molecule has 0 aliphatic carbocycles. The molecule has 25 heavy (non-hydrogen) atoms. The second-order valence-electron chi connectivity index (χ2n) is 6.88. The maximum absolute atomic E-state index is 12.6. The first-order valence-electron chi connectivity index (χ1n) is 8.83. The van der Waals surface area contributed by atoms with E-state index in [0.29, 0.717) is 18.1 Å². The van der Waals surface area contributed by atoms with Crippen molar-refractivity contribution in [3.63, 3.8) is 0 Å². The molecule has 0 fully saturated rings. The van der Waals surface area contributed by atoms with Crippen LogP contribution in [0.25, 0.3) is 0 Å². The molecule has 9 heteroatoms. The van der Waals surface area contributed by atoms with Crippen molar-refractivity contribution < 1.29 is 9.59 Å². The van der Waals surface area contributed by atoms with E-state index in [2.05, 4.69) is 49.8 Å². The lowest BCUT2D eigenvalue weighted by molar-refractivity contribution is -0.121. The van der Waals surface area contributed by atoms with Crippen LogP contribution in [0.3, 0.4) is 0 Å². The van der Waals surface area contributed by atoms with Crippen LogP contribution in [0.4, 0.5) is 0 Å². The Morgan fingerprint density at radius 1 is 1.24 bits per heavy atom. The van der Waals surface area contributed by atoms with Gasteiger partial charge in [0.05, 0.1) is 6.04 Å². The highest BCUT2D eigenvalue weighted by Gasteiger charge is 2.27. The van der Waals surface area contributed by atoms with Gasteiger partial charge < -0.3 is 15.2 Å². The van der Waals surface area contributed by atoms with Gasteiger partial charge in [0.25, 0.3) is 5.91 Å². The first kappa shape index (κ1) is 17.5. The summed E-state index contributed by atoms with van der Waals surface area (Å²) in [5.41, 5.74) is 2.72. The average molecular weight is 347 g/mol. The lowest BCUT2D eigenvalue weighted by atomic mass is 10.0. The summed E-state index contributed by atoms with van der Waals surface area (Å²) in [5, 5.41) is 18.9. The number of rotatable bonds is 5. The molecule has 3 rings (SSSR count). The zero-order chi connectivity index (χ0) is 17.8. The number of hydrogen-bond acceptors (Lipinski definition) is 6. The van der Waals surface area contributed by atoms with Crippen LogP contribution in [-0.4, -0.2) is 45.4 Å². The molecule has 1 atom stereocenters. The Balaban J connectivity index is 1.79. The second-order valence-corrected chi connectivity index (χ2v) is 6.88. The van der Waals surface area contributed by atoms with E-state index >= 15 is 0 Å². The highest BCUT2D eigenvalue weighted by atomic mass is 16.2. The minimum atomic E-state index is -0.255. The molecule has 0 saturated carbocycles. The van der Waals surface area contributed by atoms with Crippen LogP contribution in [0.5, 0.6) is 0 Å². The van der Waals surface area contributed by atoms with Crippen LogP contribution < -0.4 is 16.1 Å². The molecule has 0 spiro atoms. The number of carbonyl (C=O) groups excluding carboxylic acids is 2. The number of carbonyl (C=O) groups is 2. The number of nitrogens with zero attached hydrogens (tertiary/aromatic N) is 4. The lowest BCUT2D eigenvalue weighted by Gasteiger charge is -2.22. The first-order valence-corrected chi connectivity index (χ1v) is 8.83. The predicted octanol–water partition coefficient (Wildman–Crippen LogP) is -0.107. The van der Waals surface area contributed by atoms with E-state index < -0.39 is 0 Å². The Morgan fingerprint density at radius 3 is 2.80 bits per heavy atom. The third-order valence-corrected chi connectivity index (χ3v) is 4.38. The smallest absolute Gasteiger partial charge is 0.268 e. The van der Waals surface area contributed by atoms with Gasteiger partial charge in [0.15, 0.2) is 5.82 Å². The monoisotopic (exact) mass is 347 g/mol. The SMILES string of the molecule is CC(C)C[C@@H](NC(=O)C1=NNC(=O)CC1)c1nnc2n1CCNCC2. The fraction of sp³-hybridized carbons (Fsp3) is 0.688. The molecule has 0 saturated heterocycles. The number of hydrogen-bond donors (Lipinski definition) is 3. The Morgan fingerprint density at radius 2 is 2.08 bits per heavy atom. The van der Waals surface area contributed by atoms with Crippen molar-refractivity contribution in [2.75, 3.05) is 13.1 Å². The summed E-state index contributed by atoms with van der Waals surface area (Å²) in [6.07, 6.45) is 2.23. The quantitative estimate of drug-likeness (QED) is 0.688. The molecule has 0 bridgehead atoms. The molecular weight excluding hydrogens is 322 g/mol. The van der Waals surface area contributed by atoms with Crippen molar-refractivity contribution >= 4 is 17.5 Å². The van der Waals surface area contributed by atoms with Crippen LogP contribution >= 0.6 is 0 Å². The van der Waals surface area contributed by atoms with Gasteiger partial charge in [-0.05, 0) is 12.3 Å². The third-order valence-electron chi connectivity index (χ3n) is 4.38. The van der Waals surface area contributed by atoms with Crippen molar-refractivity contribution in [3.05, 3.63) is 11.6 Å². The number of hydrazone groups is 1. The summed E-state index contributed by atoms with van der Waals surface area (Å²) >= 11 is 0. The van der Waals surface area contributed by atoms with Crippen LogP contribution in [-0.2, 0) is 22.6 Å². The van der Waals surface area contributed by atoms with Crippen LogP contribution in [0, 0.1) is 5.92 Å². The molecule has 1 aromatic heterocycles.